The molecule has 1 amide bonds. The van der Waals surface area contributed by atoms with Gasteiger partial charge < -0.3 is 15.2 Å². The van der Waals surface area contributed by atoms with E-state index in [1.807, 2.05) is 0 Å². The summed E-state index contributed by atoms with van der Waals surface area (Å²) in [6, 6.07) is 6.41. The Hall–Kier alpha value is -2.27. The van der Waals surface area contributed by atoms with Crippen LogP contribution in [0.2, 0.25) is 5.02 Å². The molecular weight excluding hydrogens is 297 g/mol. The summed E-state index contributed by atoms with van der Waals surface area (Å²) >= 11 is 5.99. The molecule has 2 rings (SSSR count). The van der Waals surface area contributed by atoms with Gasteiger partial charge in [-0.3, -0.25) is 4.79 Å². The van der Waals surface area contributed by atoms with Crippen molar-refractivity contribution < 1.29 is 19.0 Å². The Morgan fingerprint density at radius 1 is 1.33 bits per heavy atom. The third-order valence-corrected chi connectivity index (χ3v) is 3.34. The highest BCUT2D eigenvalue weighted by Gasteiger charge is 2.15. The van der Waals surface area contributed by atoms with Crippen molar-refractivity contribution in [1.82, 2.24) is 0 Å². The molecule has 0 spiro atoms. The van der Waals surface area contributed by atoms with E-state index in [-0.39, 0.29) is 5.56 Å². The maximum absolute atomic E-state index is 12.9. The predicted molar refractivity (Wildman–Crippen MR) is 78.8 cm³/mol. The summed E-state index contributed by atoms with van der Waals surface area (Å²) in [4.78, 5) is 12.1. The molecule has 0 aliphatic rings. The number of aromatic hydroxyl groups is 1. The number of phenolic OH excluding ortho intramolecular Hbond substituents is 1. The number of aryl methyl sites for hydroxylation is 1. The van der Waals surface area contributed by atoms with Crippen molar-refractivity contribution >= 4 is 23.2 Å². The van der Waals surface area contributed by atoms with Crippen molar-refractivity contribution in [2.24, 2.45) is 0 Å². The molecule has 0 unspecified atom stereocenters. The Labute approximate surface area is 126 Å². The van der Waals surface area contributed by atoms with Crippen LogP contribution in [0.25, 0.3) is 0 Å². The van der Waals surface area contributed by atoms with Gasteiger partial charge in [0.15, 0.2) is 0 Å². The van der Waals surface area contributed by atoms with Crippen LogP contribution in [-0.2, 0) is 0 Å². The lowest BCUT2D eigenvalue weighted by molar-refractivity contribution is 0.102. The van der Waals surface area contributed by atoms with Crippen molar-refractivity contribution in [2.45, 2.75) is 6.92 Å². The topological polar surface area (TPSA) is 58.6 Å². The predicted octanol–water partition coefficient (Wildman–Crippen LogP) is 3.75. The van der Waals surface area contributed by atoms with Crippen LogP contribution in [0.15, 0.2) is 30.3 Å². The van der Waals surface area contributed by atoms with Crippen molar-refractivity contribution in [3.05, 3.63) is 52.3 Å². The molecule has 0 saturated carbocycles. The van der Waals surface area contributed by atoms with Crippen LogP contribution < -0.4 is 10.1 Å². The fraction of sp³-hybridized carbons (Fsp3) is 0.133. The maximum atomic E-state index is 12.9. The van der Waals surface area contributed by atoms with Crippen molar-refractivity contribution in [3.63, 3.8) is 0 Å². The van der Waals surface area contributed by atoms with Crippen LogP contribution in [0.1, 0.15) is 15.9 Å². The van der Waals surface area contributed by atoms with Crippen molar-refractivity contribution in [1.29, 1.82) is 0 Å². The van der Waals surface area contributed by atoms with E-state index in [1.54, 1.807) is 19.1 Å². The molecule has 0 fully saturated rings. The zero-order valence-electron chi connectivity index (χ0n) is 11.4. The molecule has 0 aromatic heterocycles. The minimum absolute atomic E-state index is 0.0361. The first-order valence-corrected chi connectivity index (χ1v) is 6.44. The molecule has 0 radical (unpaired) electrons. The van der Waals surface area contributed by atoms with Gasteiger partial charge in [-0.05, 0) is 30.7 Å². The number of carbonyl (C=O) groups excluding carboxylic acids is 1. The molecule has 2 aromatic rings. The SMILES string of the molecule is COc1cc(Cl)c(C)cc1NC(=O)c1ccc(F)cc1O. The highest BCUT2D eigenvalue weighted by molar-refractivity contribution is 6.31. The first kappa shape index (κ1) is 15.1. The number of amides is 1. The average Bonchev–Trinajstić information content (AvgIpc) is 2.42. The Bertz CT molecular complexity index is 704. The second-order valence-corrected chi connectivity index (χ2v) is 4.82. The Balaban J connectivity index is 2.33. The van der Waals surface area contributed by atoms with Crippen LogP contribution in [0.4, 0.5) is 10.1 Å². The summed E-state index contributed by atoms with van der Waals surface area (Å²) in [5.41, 5.74) is 1.13. The molecule has 2 aromatic carbocycles. The maximum Gasteiger partial charge on any atom is 0.259 e. The van der Waals surface area contributed by atoms with Gasteiger partial charge in [0.1, 0.15) is 17.3 Å². The lowest BCUT2D eigenvalue weighted by Crippen LogP contribution is -2.13. The number of phenols is 1. The average molecular weight is 310 g/mol. The number of ether oxygens (including phenoxy) is 1. The third-order valence-electron chi connectivity index (χ3n) is 2.93. The zero-order chi connectivity index (χ0) is 15.6. The first-order chi connectivity index (χ1) is 9.92. The number of methoxy groups -OCH3 is 1. The Kier molecular flexibility index (Phi) is 4.33. The number of hydrogen-bond donors (Lipinski definition) is 2. The van der Waals surface area contributed by atoms with E-state index in [1.165, 1.54) is 13.2 Å². The quantitative estimate of drug-likeness (QED) is 0.907. The summed E-state index contributed by atoms with van der Waals surface area (Å²) in [6.07, 6.45) is 0. The van der Waals surface area contributed by atoms with E-state index >= 15 is 0 Å². The number of hydrogen-bond acceptors (Lipinski definition) is 3. The number of nitrogens with one attached hydrogen (secondary N) is 1. The minimum Gasteiger partial charge on any atom is -0.507 e. The van der Waals surface area contributed by atoms with Gasteiger partial charge in [0.05, 0.1) is 18.4 Å². The molecule has 0 atom stereocenters. The molecule has 2 N–H and O–H groups in total. The van der Waals surface area contributed by atoms with E-state index in [9.17, 15) is 14.3 Å². The Morgan fingerprint density at radius 2 is 2.05 bits per heavy atom. The van der Waals surface area contributed by atoms with Gasteiger partial charge in [0.25, 0.3) is 5.91 Å². The number of halogens is 2. The molecule has 6 heteroatoms. The van der Waals surface area contributed by atoms with Crippen LogP contribution in [0.5, 0.6) is 11.5 Å². The van der Waals surface area contributed by atoms with E-state index < -0.39 is 17.5 Å². The largest absolute Gasteiger partial charge is 0.507 e. The minimum atomic E-state index is -0.621. The van der Waals surface area contributed by atoms with Gasteiger partial charge in [-0.25, -0.2) is 4.39 Å². The standard InChI is InChI=1S/C15H13ClFNO3/c1-8-5-12(14(21-2)7-11(8)16)18-15(20)10-4-3-9(17)6-13(10)19/h3-7,19H,1-2H3,(H,18,20). The zero-order valence-corrected chi connectivity index (χ0v) is 12.2. The van der Waals surface area contributed by atoms with Gasteiger partial charge in [0, 0.05) is 17.2 Å². The van der Waals surface area contributed by atoms with E-state index in [0.29, 0.717) is 16.5 Å². The van der Waals surface area contributed by atoms with Crippen molar-refractivity contribution in [2.75, 3.05) is 12.4 Å². The third kappa shape index (κ3) is 3.25. The first-order valence-electron chi connectivity index (χ1n) is 6.06. The van der Waals surface area contributed by atoms with Crippen LogP contribution in [0, 0.1) is 12.7 Å². The second-order valence-electron chi connectivity index (χ2n) is 4.42. The molecule has 0 aliphatic carbocycles. The van der Waals surface area contributed by atoms with Gasteiger partial charge in [-0.1, -0.05) is 11.6 Å². The fourth-order valence-electron chi connectivity index (χ4n) is 1.82. The monoisotopic (exact) mass is 309 g/mol. The Morgan fingerprint density at radius 3 is 2.67 bits per heavy atom. The van der Waals surface area contributed by atoms with Crippen LogP contribution in [0.3, 0.4) is 0 Å². The van der Waals surface area contributed by atoms with Crippen molar-refractivity contribution in [3.8, 4) is 11.5 Å². The molecule has 0 saturated heterocycles. The molecule has 0 aliphatic heterocycles. The molecule has 0 bridgehead atoms. The lowest BCUT2D eigenvalue weighted by atomic mass is 10.1. The summed E-state index contributed by atoms with van der Waals surface area (Å²) < 4.78 is 18.1. The number of carbonyl (C=O) groups is 1. The van der Waals surface area contributed by atoms with E-state index in [2.05, 4.69) is 5.32 Å². The van der Waals surface area contributed by atoms with Crippen LogP contribution >= 0.6 is 11.6 Å². The fourth-order valence-corrected chi connectivity index (χ4v) is 1.97. The van der Waals surface area contributed by atoms with Gasteiger partial charge >= 0.3 is 0 Å². The number of anilines is 1. The lowest BCUT2D eigenvalue weighted by Gasteiger charge is -2.12. The summed E-state index contributed by atoms with van der Waals surface area (Å²) in [7, 11) is 1.45. The molecule has 21 heavy (non-hydrogen) atoms. The van der Waals surface area contributed by atoms with Gasteiger partial charge in [0.2, 0.25) is 0 Å². The molecular formula is C15H13ClFNO3. The molecule has 4 nitrogen and oxygen atoms in total. The molecule has 110 valence electrons. The summed E-state index contributed by atoms with van der Waals surface area (Å²) in [5.74, 6) is -1.24. The smallest absolute Gasteiger partial charge is 0.259 e. The highest BCUT2D eigenvalue weighted by Crippen LogP contribution is 2.31. The number of benzene rings is 2. The van der Waals surface area contributed by atoms with E-state index in [4.69, 9.17) is 16.3 Å². The van der Waals surface area contributed by atoms with Gasteiger partial charge in [-0.2, -0.15) is 0 Å². The summed E-state index contributed by atoms with van der Waals surface area (Å²) in [6.45, 7) is 1.78. The number of rotatable bonds is 3. The second kappa shape index (κ2) is 6.01. The normalized spacial score (nSPS) is 10.3. The highest BCUT2D eigenvalue weighted by atomic mass is 35.5. The van der Waals surface area contributed by atoms with Crippen LogP contribution in [-0.4, -0.2) is 18.1 Å². The van der Waals surface area contributed by atoms with E-state index in [0.717, 1.165) is 17.7 Å². The molecule has 0 heterocycles. The van der Waals surface area contributed by atoms with Gasteiger partial charge in [-0.15, -0.1) is 0 Å². The summed E-state index contributed by atoms with van der Waals surface area (Å²) in [5, 5.41) is 12.7.